The number of aromatic nitrogens is 2. The summed E-state index contributed by atoms with van der Waals surface area (Å²) in [5, 5.41) is 1.23. The fourth-order valence-electron chi connectivity index (χ4n) is 4.95. The quantitative estimate of drug-likeness (QED) is 0.551. The van der Waals surface area contributed by atoms with E-state index in [4.69, 9.17) is 24.2 Å². The van der Waals surface area contributed by atoms with Gasteiger partial charge in [0.2, 0.25) is 6.79 Å². The lowest BCUT2D eigenvalue weighted by molar-refractivity contribution is 0.0331. The van der Waals surface area contributed by atoms with Gasteiger partial charge in [-0.1, -0.05) is 6.07 Å². The third-order valence-corrected chi connectivity index (χ3v) is 8.14. The molecule has 6 rings (SSSR count). The summed E-state index contributed by atoms with van der Waals surface area (Å²) < 4.78 is 16.5. The van der Waals surface area contributed by atoms with Crippen LogP contribution in [-0.2, 0) is 17.8 Å². The third kappa shape index (κ3) is 4.33. The molecule has 0 spiro atoms. The summed E-state index contributed by atoms with van der Waals surface area (Å²) in [6, 6.07) is 6.27. The molecule has 9 heteroatoms. The van der Waals surface area contributed by atoms with E-state index in [1.54, 1.807) is 11.3 Å². The normalized spacial score (nSPS) is 19.3. The number of nitrogens with zero attached hydrogens (tertiary/aromatic N) is 5. The monoisotopic (exact) mass is 481 g/mol. The first-order valence-electron chi connectivity index (χ1n) is 12.1. The highest BCUT2D eigenvalue weighted by Gasteiger charge is 2.25. The topological polar surface area (TPSA) is 63.2 Å². The zero-order valence-electron chi connectivity index (χ0n) is 19.9. The molecular weight excluding hydrogens is 450 g/mol. The maximum Gasteiger partial charge on any atom is 0.231 e. The van der Waals surface area contributed by atoms with Crippen LogP contribution in [0.25, 0.3) is 10.2 Å². The molecule has 0 N–H and O–H groups in total. The van der Waals surface area contributed by atoms with E-state index in [2.05, 4.69) is 40.7 Å². The van der Waals surface area contributed by atoms with E-state index >= 15 is 0 Å². The van der Waals surface area contributed by atoms with Gasteiger partial charge in [-0.2, -0.15) is 0 Å². The maximum atomic E-state index is 5.55. The summed E-state index contributed by atoms with van der Waals surface area (Å²) in [6.45, 7) is 13.8. The molecule has 2 saturated heterocycles. The molecule has 3 aromatic rings. The molecule has 5 heterocycles. The second kappa shape index (κ2) is 9.30. The predicted molar refractivity (Wildman–Crippen MR) is 133 cm³/mol. The molecule has 180 valence electrons. The Morgan fingerprint density at radius 2 is 1.65 bits per heavy atom. The van der Waals surface area contributed by atoms with Crippen molar-refractivity contribution < 1.29 is 14.2 Å². The molecule has 0 bridgehead atoms. The zero-order valence-corrected chi connectivity index (χ0v) is 20.7. The Balaban J connectivity index is 1.19. The van der Waals surface area contributed by atoms with Gasteiger partial charge in [0.15, 0.2) is 11.5 Å². The average Bonchev–Trinajstić information content (AvgIpc) is 3.43. The van der Waals surface area contributed by atoms with Crippen molar-refractivity contribution in [3.63, 3.8) is 0 Å². The molecule has 0 unspecified atom stereocenters. The van der Waals surface area contributed by atoms with Crippen molar-refractivity contribution in [3.8, 4) is 11.5 Å². The minimum atomic E-state index is 0.319. The van der Waals surface area contributed by atoms with Crippen molar-refractivity contribution in [2.24, 2.45) is 0 Å². The van der Waals surface area contributed by atoms with Crippen LogP contribution < -0.4 is 14.4 Å². The van der Waals surface area contributed by atoms with Crippen LogP contribution in [-0.4, -0.2) is 79.0 Å². The van der Waals surface area contributed by atoms with Crippen molar-refractivity contribution in [2.45, 2.75) is 26.9 Å². The van der Waals surface area contributed by atoms with E-state index in [0.29, 0.717) is 6.79 Å². The van der Waals surface area contributed by atoms with Crippen molar-refractivity contribution in [2.75, 3.05) is 64.2 Å². The van der Waals surface area contributed by atoms with Crippen LogP contribution in [0, 0.1) is 13.8 Å². The number of ether oxygens (including phenoxy) is 3. The first-order chi connectivity index (χ1) is 16.6. The summed E-state index contributed by atoms with van der Waals surface area (Å²) in [4.78, 5) is 19.9. The molecule has 0 amide bonds. The Labute approximate surface area is 204 Å². The van der Waals surface area contributed by atoms with E-state index in [-0.39, 0.29) is 0 Å². The molecule has 2 aromatic heterocycles. The highest BCUT2D eigenvalue weighted by Crippen LogP contribution is 2.36. The number of benzene rings is 1. The highest BCUT2D eigenvalue weighted by atomic mass is 32.1. The van der Waals surface area contributed by atoms with Crippen LogP contribution in [0.15, 0.2) is 18.2 Å². The minimum absolute atomic E-state index is 0.319. The minimum Gasteiger partial charge on any atom is -0.454 e. The van der Waals surface area contributed by atoms with E-state index in [1.807, 2.05) is 6.07 Å². The first-order valence-corrected chi connectivity index (χ1v) is 12.9. The second-order valence-electron chi connectivity index (χ2n) is 9.27. The number of aryl methyl sites for hydroxylation is 2. The lowest BCUT2D eigenvalue weighted by Gasteiger charge is -2.36. The van der Waals surface area contributed by atoms with Crippen molar-refractivity contribution in [1.82, 2.24) is 19.8 Å². The van der Waals surface area contributed by atoms with Gasteiger partial charge in [0.25, 0.3) is 0 Å². The number of morpholine rings is 1. The van der Waals surface area contributed by atoms with Crippen LogP contribution in [0.5, 0.6) is 11.5 Å². The number of piperazine rings is 1. The molecule has 0 atom stereocenters. The largest absolute Gasteiger partial charge is 0.454 e. The van der Waals surface area contributed by atoms with Gasteiger partial charge in [0.05, 0.1) is 25.1 Å². The van der Waals surface area contributed by atoms with Gasteiger partial charge in [-0.15, -0.1) is 11.3 Å². The number of hydrogen-bond acceptors (Lipinski definition) is 9. The number of hydrogen-bond donors (Lipinski definition) is 0. The smallest absolute Gasteiger partial charge is 0.231 e. The highest BCUT2D eigenvalue weighted by molar-refractivity contribution is 7.18. The van der Waals surface area contributed by atoms with Crippen molar-refractivity contribution in [3.05, 3.63) is 40.0 Å². The Bertz CT molecular complexity index is 1180. The summed E-state index contributed by atoms with van der Waals surface area (Å²) in [7, 11) is 0. The molecule has 0 aliphatic carbocycles. The van der Waals surface area contributed by atoms with Crippen LogP contribution in [0.2, 0.25) is 0 Å². The molecule has 0 saturated carbocycles. The zero-order chi connectivity index (χ0) is 23.1. The number of rotatable bonds is 5. The second-order valence-corrected chi connectivity index (χ2v) is 10.5. The van der Waals surface area contributed by atoms with Crippen LogP contribution in [0.3, 0.4) is 0 Å². The van der Waals surface area contributed by atoms with Crippen molar-refractivity contribution in [1.29, 1.82) is 0 Å². The van der Waals surface area contributed by atoms with Gasteiger partial charge in [-0.05, 0) is 37.1 Å². The van der Waals surface area contributed by atoms with Gasteiger partial charge in [-0.25, -0.2) is 9.97 Å². The van der Waals surface area contributed by atoms with E-state index in [0.717, 1.165) is 93.5 Å². The standard InChI is InChI=1S/C25H31N5O3S/c1-17-18(2)34-25-23(17)24(26-22(27-25)15-29-9-11-31-12-10-29)30-7-5-28(6-8-30)14-19-3-4-20-21(13-19)33-16-32-20/h3-4,13H,5-12,14-16H2,1-2H3. The molecule has 34 heavy (non-hydrogen) atoms. The molecule has 3 aliphatic rings. The third-order valence-electron chi connectivity index (χ3n) is 7.04. The Morgan fingerprint density at radius 1 is 0.882 bits per heavy atom. The van der Waals surface area contributed by atoms with Crippen LogP contribution in [0.1, 0.15) is 21.8 Å². The fourth-order valence-corrected chi connectivity index (χ4v) is 5.99. The fraction of sp³-hybridized carbons (Fsp3) is 0.520. The van der Waals surface area contributed by atoms with Crippen molar-refractivity contribution >= 4 is 27.4 Å². The number of anilines is 1. The number of fused-ring (bicyclic) bond motifs is 2. The Hall–Kier alpha value is -2.46. The molecule has 2 fully saturated rings. The Morgan fingerprint density at radius 3 is 2.47 bits per heavy atom. The lowest BCUT2D eigenvalue weighted by atomic mass is 10.1. The summed E-state index contributed by atoms with van der Waals surface area (Å²) >= 11 is 1.79. The van der Waals surface area contributed by atoms with Gasteiger partial charge >= 0.3 is 0 Å². The average molecular weight is 482 g/mol. The molecule has 1 aromatic carbocycles. The van der Waals surface area contributed by atoms with Crippen LogP contribution >= 0.6 is 11.3 Å². The molecule has 8 nitrogen and oxygen atoms in total. The van der Waals surface area contributed by atoms with E-state index < -0.39 is 0 Å². The van der Waals surface area contributed by atoms with Gasteiger partial charge in [-0.3, -0.25) is 9.80 Å². The maximum absolute atomic E-state index is 5.55. The van der Waals surface area contributed by atoms with E-state index in [9.17, 15) is 0 Å². The lowest BCUT2D eigenvalue weighted by Crippen LogP contribution is -2.46. The predicted octanol–water partition coefficient (Wildman–Crippen LogP) is 3.19. The summed E-state index contributed by atoms with van der Waals surface area (Å²) in [5.41, 5.74) is 2.58. The molecule has 0 radical (unpaired) electrons. The van der Waals surface area contributed by atoms with E-state index in [1.165, 1.54) is 21.4 Å². The summed E-state index contributed by atoms with van der Waals surface area (Å²) in [6.07, 6.45) is 0. The first kappa shape index (κ1) is 22.0. The van der Waals surface area contributed by atoms with Crippen LogP contribution in [0.4, 0.5) is 5.82 Å². The summed E-state index contributed by atoms with van der Waals surface area (Å²) in [5.74, 6) is 3.73. The Kier molecular flexibility index (Phi) is 6.02. The molecule has 3 aliphatic heterocycles. The SMILES string of the molecule is Cc1sc2nc(CN3CCOCC3)nc(N3CCN(Cc4ccc5c(c4)OCO5)CC3)c2c1C. The number of thiophene rings is 1. The molecular formula is C25H31N5O3S. The van der Waals surface area contributed by atoms with Gasteiger partial charge in [0.1, 0.15) is 16.5 Å². The van der Waals surface area contributed by atoms with Gasteiger partial charge < -0.3 is 19.1 Å². The van der Waals surface area contributed by atoms with Gasteiger partial charge in [0, 0.05) is 50.7 Å².